The van der Waals surface area contributed by atoms with E-state index < -0.39 is 24.2 Å². The molecule has 0 radical (unpaired) electrons. The van der Waals surface area contributed by atoms with Crippen molar-refractivity contribution in [2.75, 3.05) is 0 Å². The molecule has 0 aliphatic rings. The quantitative estimate of drug-likeness (QED) is 0.930. The van der Waals surface area contributed by atoms with Gasteiger partial charge in [0.1, 0.15) is 0 Å². The lowest BCUT2D eigenvalue weighted by Crippen LogP contribution is -2.34. The van der Waals surface area contributed by atoms with Crippen molar-refractivity contribution in [1.82, 2.24) is 15.0 Å². The highest BCUT2D eigenvalue weighted by Gasteiger charge is 2.41. The monoisotopic (exact) mass is 273 g/mol. The molecule has 2 heterocycles. The molecule has 0 bridgehead atoms. The van der Waals surface area contributed by atoms with Crippen molar-refractivity contribution in [3.8, 4) is 11.9 Å². The largest absolute Gasteiger partial charge is 0.493 e. The second-order valence-corrected chi connectivity index (χ2v) is 3.78. The van der Waals surface area contributed by atoms with Gasteiger partial charge in [-0.1, -0.05) is 6.92 Å². The van der Waals surface area contributed by atoms with E-state index in [1.54, 1.807) is 0 Å². The maximum Gasteiger partial charge on any atom is 0.425 e. The number of fused-ring (bicyclic) bond motifs is 1. The molecule has 0 aromatic carbocycles. The first-order valence-electron chi connectivity index (χ1n) is 5.46. The van der Waals surface area contributed by atoms with Crippen LogP contribution in [0.5, 0.6) is 11.9 Å². The normalized spacial score (nSPS) is 13.5. The molecule has 2 aromatic heterocycles. The first-order chi connectivity index (χ1) is 8.91. The van der Waals surface area contributed by atoms with E-state index in [0.717, 1.165) is 0 Å². The second-order valence-electron chi connectivity index (χ2n) is 3.78. The van der Waals surface area contributed by atoms with Crippen LogP contribution in [0.3, 0.4) is 0 Å². The summed E-state index contributed by atoms with van der Waals surface area (Å²) >= 11 is 0. The standard InChI is InChI=1S/C11H10F3N3O2/c1-2-8(11(12,13)14)19-10-16-7-5-15-4-3-6(7)9(18)17-10/h3-5,8H,2H2,1H3,(H,16,17,18). The Bertz CT molecular complexity index is 589. The number of hydrogen-bond donors (Lipinski definition) is 1. The molecular weight excluding hydrogens is 263 g/mol. The molecule has 102 valence electrons. The van der Waals surface area contributed by atoms with E-state index in [9.17, 15) is 18.3 Å². The fraction of sp³-hybridized carbons (Fsp3) is 0.364. The predicted molar refractivity (Wildman–Crippen MR) is 59.8 cm³/mol. The van der Waals surface area contributed by atoms with Gasteiger partial charge in [-0.15, -0.1) is 0 Å². The number of rotatable bonds is 3. The van der Waals surface area contributed by atoms with Crippen LogP contribution in [0, 0.1) is 0 Å². The molecule has 0 spiro atoms. The molecule has 0 amide bonds. The molecular formula is C11H10F3N3O2. The van der Waals surface area contributed by atoms with Gasteiger partial charge in [-0.05, 0) is 12.5 Å². The summed E-state index contributed by atoms with van der Waals surface area (Å²) in [7, 11) is 0. The minimum Gasteiger partial charge on any atom is -0.493 e. The molecule has 5 nitrogen and oxygen atoms in total. The van der Waals surface area contributed by atoms with E-state index in [-0.39, 0.29) is 11.9 Å². The van der Waals surface area contributed by atoms with E-state index in [1.807, 2.05) is 0 Å². The van der Waals surface area contributed by atoms with Crippen LogP contribution < -0.4 is 4.74 Å². The fourth-order valence-electron chi connectivity index (χ4n) is 1.50. The Morgan fingerprint density at radius 3 is 2.74 bits per heavy atom. The van der Waals surface area contributed by atoms with Gasteiger partial charge in [0.05, 0.1) is 17.1 Å². The molecule has 2 rings (SSSR count). The molecule has 19 heavy (non-hydrogen) atoms. The van der Waals surface area contributed by atoms with Crippen molar-refractivity contribution in [3.63, 3.8) is 0 Å². The van der Waals surface area contributed by atoms with Crippen LogP contribution in [-0.2, 0) is 0 Å². The lowest BCUT2D eigenvalue weighted by atomic mass is 10.3. The summed E-state index contributed by atoms with van der Waals surface area (Å²) in [6, 6.07) is 0.928. The van der Waals surface area contributed by atoms with Crippen molar-refractivity contribution in [1.29, 1.82) is 0 Å². The van der Waals surface area contributed by atoms with Crippen LogP contribution in [-0.4, -0.2) is 32.3 Å². The number of hydrogen-bond acceptors (Lipinski definition) is 5. The van der Waals surface area contributed by atoms with Crippen LogP contribution >= 0.6 is 0 Å². The summed E-state index contributed by atoms with van der Waals surface area (Å²) in [4.78, 5) is 11.0. The molecule has 0 saturated carbocycles. The van der Waals surface area contributed by atoms with Crippen LogP contribution in [0.2, 0.25) is 0 Å². The maximum absolute atomic E-state index is 12.6. The average molecular weight is 273 g/mol. The molecule has 8 heteroatoms. The number of ether oxygens (including phenoxy) is 1. The number of aromatic hydroxyl groups is 1. The number of nitrogens with zero attached hydrogens (tertiary/aromatic N) is 3. The minimum atomic E-state index is -4.52. The smallest absolute Gasteiger partial charge is 0.425 e. The Hall–Kier alpha value is -2.12. The zero-order valence-electron chi connectivity index (χ0n) is 9.85. The minimum absolute atomic E-state index is 0.210. The summed E-state index contributed by atoms with van der Waals surface area (Å²) in [5.41, 5.74) is 0.210. The van der Waals surface area contributed by atoms with Crippen LogP contribution in [0.4, 0.5) is 13.2 Å². The first-order valence-corrected chi connectivity index (χ1v) is 5.46. The number of aromatic nitrogens is 3. The molecule has 2 aromatic rings. The highest BCUT2D eigenvalue weighted by molar-refractivity contribution is 5.82. The molecule has 0 fully saturated rings. The summed E-state index contributed by atoms with van der Waals surface area (Å²) in [5.74, 6) is -0.445. The van der Waals surface area contributed by atoms with Crippen molar-refractivity contribution >= 4 is 10.9 Å². The third-order valence-electron chi connectivity index (χ3n) is 2.44. The zero-order valence-corrected chi connectivity index (χ0v) is 9.85. The highest BCUT2D eigenvalue weighted by atomic mass is 19.4. The molecule has 0 saturated heterocycles. The van der Waals surface area contributed by atoms with Gasteiger partial charge in [-0.3, -0.25) is 4.98 Å². The molecule has 0 aliphatic heterocycles. The van der Waals surface area contributed by atoms with Gasteiger partial charge in [0.2, 0.25) is 5.88 Å². The van der Waals surface area contributed by atoms with Gasteiger partial charge in [-0.2, -0.15) is 23.1 Å². The zero-order chi connectivity index (χ0) is 14.0. The first kappa shape index (κ1) is 13.3. The predicted octanol–water partition coefficient (Wildman–Crippen LogP) is 2.45. The van der Waals surface area contributed by atoms with E-state index >= 15 is 0 Å². The average Bonchev–Trinajstić information content (AvgIpc) is 2.34. The Morgan fingerprint density at radius 2 is 2.11 bits per heavy atom. The fourth-order valence-corrected chi connectivity index (χ4v) is 1.50. The lowest BCUT2D eigenvalue weighted by Gasteiger charge is -2.19. The summed E-state index contributed by atoms with van der Waals surface area (Å²) in [6.45, 7) is 1.33. The Kier molecular flexibility index (Phi) is 3.41. The second kappa shape index (κ2) is 4.87. The highest BCUT2D eigenvalue weighted by Crippen LogP contribution is 2.28. The van der Waals surface area contributed by atoms with Gasteiger partial charge in [-0.25, -0.2) is 0 Å². The van der Waals surface area contributed by atoms with Crippen molar-refractivity contribution in [2.24, 2.45) is 0 Å². The van der Waals surface area contributed by atoms with Crippen molar-refractivity contribution < 1.29 is 23.0 Å². The summed E-state index contributed by atoms with van der Waals surface area (Å²) in [5, 5.41) is 9.89. The molecule has 1 N–H and O–H groups in total. The van der Waals surface area contributed by atoms with Gasteiger partial charge in [0.25, 0.3) is 0 Å². The van der Waals surface area contributed by atoms with Crippen molar-refractivity contribution in [3.05, 3.63) is 18.5 Å². The Morgan fingerprint density at radius 1 is 1.37 bits per heavy atom. The molecule has 1 unspecified atom stereocenters. The van der Waals surface area contributed by atoms with Crippen molar-refractivity contribution in [2.45, 2.75) is 25.6 Å². The number of pyridine rings is 1. The van der Waals surface area contributed by atoms with Gasteiger partial charge >= 0.3 is 12.2 Å². The maximum atomic E-state index is 12.6. The van der Waals surface area contributed by atoms with E-state index in [0.29, 0.717) is 5.39 Å². The van der Waals surface area contributed by atoms with Crippen LogP contribution in [0.25, 0.3) is 10.9 Å². The summed E-state index contributed by atoms with van der Waals surface area (Å²) < 4.78 is 42.4. The lowest BCUT2D eigenvalue weighted by molar-refractivity contribution is -0.197. The SMILES string of the molecule is CCC(Oc1nc(O)c2ccncc2n1)C(F)(F)F. The van der Waals surface area contributed by atoms with Crippen LogP contribution in [0.1, 0.15) is 13.3 Å². The number of alkyl halides is 3. The number of halogens is 3. The third-order valence-corrected chi connectivity index (χ3v) is 2.44. The molecule has 0 aliphatic carbocycles. The summed E-state index contributed by atoms with van der Waals surface area (Å²) in [6.07, 6.45) is -4.09. The Labute approximate surface area is 106 Å². The van der Waals surface area contributed by atoms with Gasteiger partial charge in [0, 0.05) is 6.20 Å². The van der Waals surface area contributed by atoms with E-state index in [4.69, 9.17) is 0 Å². The van der Waals surface area contributed by atoms with E-state index in [1.165, 1.54) is 25.4 Å². The Balaban J connectivity index is 2.36. The van der Waals surface area contributed by atoms with Gasteiger partial charge in [0.15, 0.2) is 6.10 Å². The molecule has 1 atom stereocenters. The van der Waals surface area contributed by atoms with E-state index in [2.05, 4.69) is 19.7 Å². The van der Waals surface area contributed by atoms with Gasteiger partial charge < -0.3 is 9.84 Å². The third kappa shape index (κ3) is 2.83. The van der Waals surface area contributed by atoms with Crippen LogP contribution in [0.15, 0.2) is 18.5 Å². The topological polar surface area (TPSA) is 68.1 Å².